The van der Waals surface area contributed by atoms with Gasteiger partial charge in [-0.1, -0.05) is 13.0 Å². The quantitative estimate of drug-likeness (QED) is 0.814. The number of fused-ring (bicyclic) bond motifs is 1. The summed E-state index contributed by atoms with van der Waals surface area (Å²) in [5.41, 5.74) is -0.326. The lowest BCUT2D eigenvalue weighted by atomic mass is 9.96. The molecule has 6 nitrogen and oxygen atoms in total. The van der Waals surface area contributed by atoms with E-state index in [-0.39, 0.29) is 24.5 Å². The molecule has 0 aliphatic heterocycles. The number of benzene rings is 1. The molecule has 7 heteroatoms. The second-order valence-corrected chi connectivity index (χ2v) is 5.59. The molecule has 21 heavy (non-hydrogen) atoms. The summed E-state index contributed by atoms with van der Waals surface area (Å²) in [7, 11) is 0. The van der Waals surface area contributed by atoms with Gasteiger partial charge in [0.1, 0.15) is 11.1 Å². The van der Waals surface area contributed by atoms with Crippen molar-refractivity contribution in [1.29, 1.82) is 0 Å². The second-order valence-electron chi connectivity index (χ2n) is 5.33. The summed E-state index contributed by atoms with van der Waals surface area (Å²) in [6.07, 6.45) is 0. The first kappa shape index (κ1) is 15.6. The third-order valence-corrected chi connectivity index (χ3v) is 3.90. The molecule has 2 rings (SSSR count). The largest absolute Gasteiger partial charge is 0.492 e. The van der Waals surface area contributed by atoms with Crippen molar-refractivity contribution in [3.8, 4) is 5.75 Å². The van der Waals surface area contributed by atoms with E-state index in [0.29, 0.717) is 11.3 Å². The normalized spacial score (nSPS) is 14.1. The summed E-state index contributed by atoms with van der Waals surface area (Å²) in [6, 6.07) is 3.34. The Morgan fingerprint density at radius 2 is 2.14 bits per heavy atom. The predicted molar refractivity (Wildman–Crippen MR) is 79.2 cm³/mol. The number of aromatic nitrogens is 1. The van der Waals surface area contributed by atoms with E-state index in [1.54, 1.807) is 26.0 Å². The topological polar surface area (TPSA) is 92.5 Å². The van der Waals surface area contributed by atoms with Crippen LogP contribution < -0.4 is 16.1 Å². The van der Waals surface area contributed by atoms with Crippen LogP contribution in [-0.2, 0) is 0 Å². The first-order valence-electron chi connectivity index (χ1n) is 6.36. The molecule has 2 aromatic rings. The number of hydrogen-bond acceptors (Lipinski definition) is 5. The van der Waals surface area contributed by atoms with Crippen molar-refractivity contribution in [2.75, 3.05) is 19.1 Å². The number of aryl methyl sites for hydroxylation is 1. The highest BCUT2D eigenvalue weighted by Crippen LogP contribution is 2.28. The summed E-state index contributed by atoms with van der Waals surface area (Å²) < 4.78 is 10.2. The van der Waals surface area contributed by atoms with Crippen molar-refractivity contribution in [3.05, 3.63) is 38.7 Å². The van der Waals surface area contributed by atoms with Crippen molar-refractivity contribution in [3.63, 3.8) is 0 Å². The summed E-state index contributed by atoms with van der Waals surface area (Å²) in [5, 5.41) is 9.52. The molecule has 0 fully saturated rings. The number of ether oxygens (including phenoxy) is 1. The van der Waals surface area contributed by atoms with Gasteiger partial charge in [0.25, 0.3) is 0 Å². The highest BCUT2D eigenvalue weighted by Gasteiger charge is 2.24. The van der Waals surface area contributed by atoms with Crippen LogP contribution in [0.4, 0.5) is 0 Å². The summed E-state index contributed by atoms with van der Waals surface area (Å²) in [5.74, 6) is -0.288. The molecule has 0 spiro atoms. The maximum atomic E-state index is 11.9. The molecular weight excluding hydrogens is 298 g/mol. The smallest absolute Gasteiger partial charge is 0.419 e. The van der Waals surface area contributed by atoms with E-state index < -0.39 is 16.8 Å². The molecule has 1 aromatic heterocycles. The Hall–Kier alpha value is -1.79. The number of nitrogens with one attached hydrogen (secondary N) is 1. The van der Waals surface area contributed by atoms with Crippen molar-refractivity contribution >= 4 is 22.5 Å². The first-order valence-corrected chi connectivity index (χ1v) is 6.90. The maximum Gasteiger partial charge on any atom is 0.419 e. The Morgan fingerprint density at radius 3 is 2.76 bits per heavy atom. The fraction of sp³-hybridized carbons (Fsp3) is 0.429. The molecule has 2 N–H and O–H groups in total. The van der Waals surface area contributed by atoms with E-state index in [1.165, 1.54) is 0 Å². The molecule has 1 unspecified atom stereocenters. The van der Waals surface area contributed by atoms with Gasteiger partial charge in [0.05, 0.1) is 18.7 Å². The van der Waals surface area contributed by atoms with Gasteiger partial charge in [0.2, 0.25) is 0 Å². The highest BCUT2D eigenvalue weighted by molar-refractivity contribution is 6.18. The van der Waals surface area contributed by atoms with Crippen LogP contribution in [0.2, 0.25) is 0 Å². The molecule has 0 aliphatic rings. The molecule has 1 heterocycles. The second kappa shape index (κ2) is 5.91. The minimum atomic E-state index is -0.816. The fourth-order valence-electron chi connectivity index (χ4n) is 1.82. The number of aliphatic hydroxyl groups is 1. The molecule has 0 radical (unpaired) electrons. The average Bonchev–Trinajstić information content (AvgIpc) is 2.46. The molecule has 0 bridgehead atoms. The van der Waals surface area contributed by atoms with Crippen LogP contribution in [0.15, 0.2) is 26.1 Å². The Bertz CT molecular complexity index is 760. The number of rotatable bonds is 5. The van der Waals surface area contributed by atoms with E-state index in [0.717, 1.165) is 5.56 Å². The van der Waals surface area contributed by atoms with Gasteiger partial charge in [-0.05, 0) is 18.6 Å². The third-order valence-electron chi connectivity index (χ3n) is 3.25. The number of alkyl halides is 1. The van der Waals surface area contributed by atoms with Gasteiger partial charge in [-0.25, -0.2) is 9.59 Å². The van der Waals surface area contributed by atoms with Gasteiger partial charge in [-0.15, -0.1) is 11.6 Å². The Kier molecular flexibility index (Phi) is 4.39. The molecule has 114 valence electrons. The van der Waals surface area contributed by atoms with E-state index >= 15 is 0 Å². The van der Waals surface area contributed by atoms with Gasteiger partial charge in [-0.3, -0.25) is 4.98 Å². The van der Waals surface area contributed by atoms with Crippen LogP contribution in [0.1, 0.15) is 12.5 Å². The van der Waals surface area contributed by atoms with Crippen LogP contribution in [0.5, 0.6) is 5.75 Å². The minimum Gasteiger partial charge on any atom is -0.492 e. The Morgan fingerprint density at radius 1 is 1.43 bits per heavy atom. The standard InChI is InChI=1S/C14H16ClNO5/c1-8-3-4-9-10(12(18)21-13(19)16-9)11(8)20-7-14(2,5-15)6-17/h3-4,17H,5-7H2,1-2H3,(H,16,19). The number of H-pyrrole nitrogens is 1. The average molecular weight is 314 g/mol. The van der Waals surface area contributed by atoms with E-state index in [4.69, 9.17) is 16.3 Å². The van der Waals surface area contributed by atoms with Crippen molar-refractivity contribution < 1.29 is 14.3 Å². The van der Waals surface area contributed by atoms with Gasteiger partial charge in [0.15, 0.2) is 0 Å². The zero-order valence-corrected chi connectivity index (χ0v) is 12.5. The van der Waals surface area contributed by atoms with Crippen molar-refractivity contribution in [1.82, 2.24) is 4.98 Å². The summed E-state index contributed by atoms with van der Waals surface area (Å²) >= 11 is 5.82. The molecule has 1 aromatic carbocycles. The van der Waals surface area contributed by atoms with Gasteiger partial charge in [0, 0.05) is 11.3 Å². The fourth-order valence-corrected chi connectivity index (χ4v) is 1.98. The van der Waals surface area contributed by atoms with Crippen LogP contribution in [0, 0.1) is 12.3 Å². The van der Waals surface area contributed by atoms with Crippen LogP contribution in [0.3, 0.4) is 0 Å². The van der Waals surface area contributed by atoms with Crippen LogP contribution >= 0.6 is 11.6 Å². The lowest BCUT2D eigenvalue weighted by Crippen LogP contribution is -2.31. The number of aliphatic hydroxyl groups excluding tert-OH is 1. The van der Waals surface area contributed by atoms with Gasteiger partial charge < -0.3 is 14.3 Å². The SMILES string of the molecule is Cc1ccc2[nH]c(=O)oc(=O)c2c1OCC(C)(CO)CCl. The number of hydrogen-bond donors (Lipinski definition) is 2. The Balaban J connectivity index is 2.51. The first-order chi connectivity index (χ1) is 9.90. The summed E-state index contributed by atoms with van der Waals surface area (Å²) in [4.78, 5) is 25.5. The van der Waals surface area contributed by atoms with E-state index in [9.17, 15) is 14.7 Å². The zero-order chi connectivity index (χ0) is 15.6. The van der Waals surface area contributed by atoms with E-state index in [1.807, 2.05) is 0 Å². The molecule has 0 saturated carbocycles. The number of aromatic amines is 1. The van der Waals surface area contributed by atoms with Crippen molar-refractivity contribution in [2.45, 2.75) is 13.8 Å². The Labute approximate surface area is 125 Å². The maximum absolute atomic E-state index is 11.9. The van der Waals surface area contributed by atoms with Crippen LogP contribution in [0.25, 0.3) is 10.9 Å². The lowest BCUT2D eigenvalue weighted by Gasteiger charge is -2.25. The highest BCUT2D eigenvalue weighted by atomic mass is 35.5. The van der Waals surface area contributed by atoms with Crippen molar-refractivity contribution in [2.24, 2.45) is 5.41 Å². The minimum absolute atomic E-state index is 0.130. The van der Waals surface area contributed by atoms with Crippen LogP contribution in [-0.4, -0.2) is 29.2 Å². The molecular formula is C14H16ClNO5. The van der Waals surface area contributed by atoms with E-state index in [2.05, 4.69) is 9.40 Å². The molecule has 0 saturated heterocycles. The molecule has 0 amide bonds. The molecule has 1 atom stereocenters. The predicted octanol–water partition coefficient (Wildman–Crippen LogP) is 1.41. The van der Waals surface area contributed by atoms with Gasteiger partial charge in [-0.2, -0.15) is 0 Å². The third kappa shape index (κ3) is 3.11. The lowest BCUT2D eigenvalue weighted by molar-refractivity contribution is 0.101. The molecule has 0 aliphatic carbocycles. The monoisotopic (exact) mass is 313 g/mol. The summed E-state index contributed by atoms with van der Waals surface area (Å²) in [6.45, 7) is 3.53. The number of halogens is 1. The van der Waals surface area contributed by atoms with Gasteiger partial charge >= 0.3 is 11.4 Å². The zero-order valence-electron chi connectivity index (χ0n) is 11.7.